The third kappa shape index (κ3) is 3.90. The Morgan fingerprint density at radius 3 is 2.53 bits per heavy atom. The second kappa shape index (κ2) is 7.64. The molecule has 3 N–H and O–H groups in total. The molecule has 0 radical (unpaired) electrons. The normalized spacial score (nSPS) is 15.1. The van der Waals surface area contributed by atoms with Gasteiger partial charge in [0, 0.05) is 12.1 Å². The molecule has 30 heavy (non-hydrogen) atoms. The lowest BCUT2D eigenvalue weighted by Gasteiger charge is -2.18. The van der Waals surface area contributed by atoms with Crippen molar-refractivity contribution in [1.29, 1.82) is 0 Å². The van der Waals surface area contributed by atoms with E-state index in [1.165, 1.54) is 6.07 Å². The minimum atomic E-state index is -4.22. The van der Waals surface area contributed by atoms with Crippen molar-refractivity contribution < 1.29 is 22.7 Å². The van der Waals surface area contributed by atoms with Crippen LogP contribution in [0.4, 0.5) is 15.8 Å². The third-order valence-corrected chi connectivity index (χ3v) is 5.88. The molecule has 2 aromatic carbocycles. The van der Waals surface area contributed by atoms with Crippen LogP contribution in [0.15, 0.2) is 60.8 Å². The van der Waals surface area contributed by atoms with Crippen molar-refractivity contribution in [3.8, 4) is 17.0 Å². The molecule has 0 spiro atoms. The van der Waals surface area contributed by atoms with Crippen LogP contribution >= 0.6 is 0 Å². The van der Waals surface area contributed by atoms with Gasteiger partial charge < -0.3 is 10.4 Å². The quantitative estimate of drug-likeness (QED) is 0.575. The molecule has 4 rings (SSSR count). The van der Waals surface area contributed by atoms with E-state index in [-0.39, 0.29) is 6.54 Å². The van der Waals surface area contributed by atoms with E-state index in [2.05, 4.69) is 10.3 Å². The number of benzene rings is 2. The number of phenolic OH excluding ortho intramolecular Hbond substituents is 1. The Balaban J connectivity index is 1.49. The highest BCUT2D eigenvalue weighted by molar-refractivity contribution is 7.92. The van der Waals surface area contributed by atoms with Gasteiger partial charge in [-0.25, -0.2) is 13.4 Å². The summed E-state index contributed by atoms with van der Waals surface area (Å²) in [6, 6.07) is 15.7. The number of carbonyl (C=O) groups is 1. The number of phenols is 1. The molecule has 1 fully saturated rings. The number of aromatic nitrogens is 1. The SMILES string of the molecule is O=C1CN(c2c(O)cc(CNc3ccc(-c4ccccc4)nc3)cc2F)S(=O)(=O)N1. The minimum Gasteiger partial charge on any atom is -0.506 e. The van der Waals surface area contributed by atoms with Crippen LogP contribution < -0.4 is 14.3 Å². The molecule has 1 amide bonds. The zero-order chi connectivity index (χ0) is 21.3. The summed E-state index contributed by atoms with van der Waals surface area (Å²) in [4.78, 5) is 15.7. The monoisotopic (exact) mass is 428 g/mol. The Morgan fingerprint density at radius 2 is 1.93 bits per heavy atom. The number of pyridine rings is 1. The van der Waals surface area contributed by atoms with Crippen molar-refractivity contribution in [2.24, 2.45) is 0 Å². The summed E-state index contributed by atoms with van der Waals surface area (Å²) in [6.07, 6.45) is 1.64. The predicted octanol–water partition coefficient (Wildman–Crippen LogP) is 2.39. The Kier molecular flexibility index (Phi) is 5.00. The second-order valence-corrected chi connectivity index (χ2v) is 8.23. The molecular formula is C20H17FN4O4S. The van der Waals surface area contributed by atoms with Gasteiger partial charge in [-0.2, -0.15) is 8.42 Å². The van der Waals surface area contributed by atoms with E-state index in [0.29, 0.717) is 15.6 Å². The summed E-state index contributed by atoms with van der Waals surface area (Å²) in [5.41, 5.74) is 2.30. The van der Waals surface area contributed by atoms with Crippen LogP contribution in [0.25, 0.3) is 11.3 Å². The Labute approximate surface area is 172 Å². The number of halogens is 1. The van der Waals surface area contributed by atoms with E-state index >= 15 is 0 Å². The molecule has 0 unspecified atom stereocenters. The molecular weight excluding hydrogens is 411 g/mol. The number of aromatic hydroxyl groups is 1. The van der Waals surface area contributed by atoms with E-state index in [9.17, 15) is 22.7 Å². The molecule has 1 aliphatic rings. The van der Waals surface area contributed by atoms with Gasteiger partial charge in [0.1, 0.15) is 18.0 Å². The van der Waals surface area contributed by atoms with Crippen molar-refractivity contribution in [3.05, 3.63) is 72.2 Å². The number of hydrogen-bond donors (Lipinski definition) is 3. The predicted molar refractivity (Wildman–Crippen MR) is 109 cm³/mol. The van der Waals surface area contributed by atoms with Crippen LogP contribution in [-0.4, -0.2) is 31.0 Å². The maximum atomic E-state index is 14.6. The number of amides is 1. The number of rotatable bonds is 5. The largest absolute Gasteiger partial charge is 0.506 e. The van der Waals surface area contributed by atoms with Crippen LogP contribution in [0.5, 0.6) is 5.75 Å². The zero-order valence-corrected chi connectivity index (χ0v) is 16.4. The molecule has 2 heterocycles. The van der Waals surface area contributed by atoms with E-state index in [4.69, 9.17) is 0 Å². The molecule has 0 bridgehead atoms. The minimum absolute atomic E-state index is 0.168. The first-order valence-corrected chi connectivity index (χ1v) is 10.4. The van der Waals surface area contributed by atoms with Crippen LogP contribution in [0.3, 0.4) is 0 Å². The first-order chi connectivity index (χ1) is 14.3. The van der Waals surface area contributed by atoms with Gasteiger partial charge in [0.15, 0.2) is 5.82 Å². The van der Waals surface area contributed by atoms with Gasteiger partial charge in [-0.05, 0) is 29.8 Å². The highest BCUT2D eigenvalue weighted by Gasteiger charge is 2.37. The molecule has 0 atom stereocenters. The van der Waals surface area contributed by atoms with Gasteiger partial charge in [0.2, 0.25) is 0 Å². The fourth-order valence-corrected chi connectivity index (χ4v) is 4.29. The molecule has 8 nitrogen and oxygen atoms in total. The summed E-state index contributed by atoms with van der Waals surface area (Å²) in [6.45, 7) is -0.426. The van der Waals surface area contributed by atoms with Crippen molar-refractivity contribution in [2.75, 3.05) is 16.2 Å². The molecule has 154 valence electrons. The lowest BCUT2D eigenvalue weighted by atomic mass is 10.1. The number of anilines is 2. The lowest BCUT2D eigenvalue weighted by Crippen LogP contribution is -2.30. The van der Waals surface area contributed by atoms with Gasteiger partial charge in [-0.1, -0.05) is 30.3 Å². The highest BCUT2D eigenvalue weighted by Crippen LogP contribution is 2.34. The summed E-state index contributed by atoms with van der Waals surface area (Å²) < 4.78 is 40.6. The number of carbonyl (C=O) groups excluding carboxylic acids is 1. The van der Waals surface area contributed by atoms with Crippen LogP contribution in [0.2, 0.25) is 0 Å². The van der Waals surface area contributed by atoms with Crippen molar-refractivity contribution in [1.82, 2.24) is 9.71 Å². The summed E-state index contributed by atoms with van der Waals surface area (Å²) in [7, 11) is -4.22. The maximum absolute atomic E-state index is 14.6. The Hall–Kier alpha value is -3.66. The third-order valence-electron chi connectivity index (χ3n) is 4.50. The first kappa shape index (κ1) is 19.6. The summed E-state index contributed by atoms with van der Waals surface area (Å²) >= 11 is 0. The van der Waals surface area contributed by atoms with Gasteiger partial charge in [-0.15, -0.1) is 0 Å². The van der Waals surface area contributed by atoms with E-state index in [0.717, 1.165) is 17.3 Å². The van der Waals surface area contributed by atoms with Crippen LogP contribution in [0, 0.1) is 5.82 Å². The average molecular weight is 428 g/mol. The van der Waals surface area contributed by atoms with Crippen molar-refractivity contribution >= 4 is 27.5 Å². The smallest absolute Gasteiger partial charge is 0.326 e. The average Bonchev–Trinajstić information content (AvgIpc) is 2.99. The molecule has 0 aliphatic carbocycles. The summed E-state index contributed by atoms with van der Waals surface area (Å²) in [5, 5.41) is 13.3. The number of nitrogens with one attached hydrogen (secondary N) is 2. The molecule has 10 heteroatoms. The molecule has 1 aromatic heterocycles. The number of nitrogens with zero attached hydrogens (tertiary/aromatic N) is 2. The standard InChI is InChI=1S/C20H17FN4O4S/c21-16-8-13(9-18(26)20(16)25-12-19(27)24-30(25,28)29)10-22-15-6-7-17(23-11-15)14-4-2-1-3-5-14/h1-9,11,22,26H,10,12H2,(H,24,27). The fraction of sp³-hybridized carbons (Fsp3) is 0.100. The maximum Gasteiger partial charge on any atom is 0.326 e. The molecule has 1 saturated heterocycles. The van der Waals surface area contributed by atoms with Crippen LogP contribution in [0.1, 0.15) is 5.56 Å². The van der Waals surface area contributed by atoms with Crippen molar-refractivity contribution in [2.45, 2.75) is 6.54 Å². The van der Waals surface area contributed by atoms with Gasteiger partial charge >= 0.3 is 10.2 Å². The first-order valence-electron chi connectivity index (χ1n) is 8.93. The summed E-state index contributed by atoms with van der Waals surface area (Å²) in [5.74, 6) is -2.33. The van der Waals surface area contributed by atoms with Crippen molar-refractivity contribution in [3.63, 3.8) is 0 Å². The van der Waals surface area contributed by atoms with Gasteiger partial charge in [0.05, 0.1) is 17.6 Å². The van der Waals surface area contributed by atoms with Gasteiger partial charge in [-0.3, -0.25) is 9.78 Å². The number of hydrogen-bond acceptors (Lipinski definition) is 6. The van der Waals surface area contributed by atoms with E-state index in [1.807, 2.05) is 42.5 Å². The Bertz CT molecular complexity index is 1180. The Morgan fingerprint density at radius 1 is 1.17 bits per heavy atom. The second-order valence-electron chi connectivity index (χ2n) is 6.63. The van der Waals surface area contributed by atoms with Crippen LogP contribution in [-0.2, 0) is 21.5 Å². The van der Waals surface area contributed by atoms with Gasteiger partial charge in [0.25, 0.3) is 5.91 Å². The zero-order valence-electron chi connectivity index (χ0n) is 15.5. The molecule has 1 aliphatic heterocycles. The molecule has 0 saturated carbocycles. The topological polar surface area (TPSA) is 112 Å². The highest BCUT2D eigenvalue weighted by atomic mass is 32.2. The fourth-order valence-electron chi connectivity index (χ4n) is 3.12. The van der Waals surface area contributed by atoms with E-state index in [1.54, 1.807) is 10.9 Å². The van der Waals surface area contributed by atoms with E-state index < -0.39 is 39.9 Å². The molecule has 3 aromatic rings. The lowest BCUT2D eigenvalue weighted by molar-refractivity contribution is -0.117.